The maximum Gasteiger partial charge on any atom is 0.474 e. The van der Waals surface area contributed by atoms with Gasteiger partial charge in [-0.25, -0.2) is 4.57 Å². The maximum absolute atomic E-state index is 11.9. The highest BCUT2D eigenvalue weighted by Gasteiger charge is 2.26. The van der Waals surface area contributed by atoms with E-state index in [1.165, 1.54) is 0 Å². The van der Waals surface area contributed by atoms with Crippen molar-refractivity contribution in [3.63, 3.8) is 0 Å². The second kappa shape index (κ2) is 9.40. The SMILES string of the molecule is CCOP(=O)(OCC)OCC(CCl)COC. The second-order valence-electron chi connectivity index (χ2n) is 3.05. The van der Waals surface area contributed by atoms with Crippen LogP contribution >= 0.6 is 19.4 Å². The number of methoxy groups -OCH3 is 1. The lowest BCUT2D eigenvalue weighted by molar-refractivity contribution is 0.0843. The van der Waals surface area contributed by atoms with Crippen molar-refractivity contribution in [2.24, 2.45) is 5.92 Å². The summed E-state index contributed by atoms with van der Waals surface area (Å²) in [5.74, 6) is 0.340. The summed E-state index contributed by atoms with van der Waals surface area (Å²) in [5.41, 5.74) is 0. The Bertz CT molecular complexity index is 204. The molecule has 0 N–H and O–H groups in total. The van der Waals surface area contributed by atoms with Crippen LogP contribution in [0.15, 0.2) is 0 Å². The fourth-order valence-electron chi connectivity index (χ4n) is 0.998. The molecule has 0 heterocycles. The number of hydrogen-bond acceptors (Lipinski definition) is 5. The van der Waals surface area contributed by atoms with Crippen LogP contribution in [0, 0.1) is 5.92 Å². The van der Waals surface area contributed by atoms with Gasteiger partial charge in [-0.15, -0.1) is 11.6 Å². The molecule has 5 nitrogen and oxygen atoms in total. The Morgan fingerprint density at radius 1 is 1.12 bits per heavy atom. The number of halogens is 1. The minimum Gasteiger partial charge on any atom is -0.384 e. The van der Waals surface area contributed by atoms with E-state index < -0.39 is 7.82 Å². The molecule has 1 unspecified atom stereocenters. The molecule has 0 fully saturated rings. The van der Waals surface area contributed by atoms with Gasteiger partial charge in [0.25, 0.3) is 0 Å². The minimum atomic E-state index is -3.42. The highest BCUT2D eigenvalue weighted by Crippen LogP contribution is 2.49. The van der Waals surface area contributed by atoms with Gasteiger partial charge in [0.15, 0.2) is 0 Å². The van der Waals surface area contributed by atoms with Gasteiger partial charge in [0.2, 0.25) is 0 Å². The first-order chi connectivity index (χ1) is 7.61. The highest BCUT2D eigenvalue weighted by atomic mass is 35.5. The van der Waals surface area contributed by atoms with Crippen molar-refractivity contribution < 1.29 is 22.9 Å². The summed E-state index contributed by atoms with van der Waals surface area (Å²) in [6.45, 7) is 4.63. The Labute approximate surface area is 102 Å². The van der Waals surface area contributed by atoms with Crippen LogP contribution in [-0.4, -0.2) is 39.4 Å². The summed E-state index contributed by atoms with van der Waals surface area (Å²) in [4.78, 5) is 0. The van der Waals surface area contributed by atoms with Crippen LogP contribution in [0.2, 0.25) is 0 Å². The van der Waals surface area contributed by atoms with Crippen LogP contribution in [0.5, 0.6) is 0 Å². The molecule has 0 aromatic rings. The van der Waals surface area contributed by atoms with E-state index in [1.54, 1.807) is 21.0 Å². The van der Waals surface area contributed by atoms with Crippen molar-refractivity contribution in [2.75, 3.05) is 39.4 Å². The topological polar surface area (TPSA) is 54.0 Å². The summed E-state index contributed by atoms with van der Waals surface area (Å²) in [6.07, 6.45) is 0. The van der Waals surface area contributed by atoms with Gasteiger partial charge in [0.05, 0.1) is 26.4 Å². The zero-order chi connectivity index (χ0) is 12.4. The van der Waals surface area contributed by atoms with Crippen LogP contribution in [0.1, 0.15) is 13.8 Å². The number of alkyl halides is 1. The number of rotatable bonds is 10. The summed E-state index contributed by atoms with van der Waals surface area (Å²) in [5, 5.41) is 0. The largest absolute Gasteiger partial charge is 0.474 e. The summed E-state index contributed by atoms with van der Waals surface area (Å²) >= 11 is 5.70. The molecule has 0 saturated heterocycles. The van der Waals surface area contributed by atoms with E-state index in [0.717, 1.165) is 0 Å². The predicted molar refractivity (Wildman–Crippen MR) is 62.9 cm³/mol. The second-order valence-corrected chi connectivity index (χ2v) is 5.03. The first-order valence-corrected chi connectivity index (χ1v) is 7.19. The van der Waals surface area contributed by atoms with E-state index in [9.17, 15) is 4.57 Å². The fourth-order valence-corrected chi connectivity index (χ4v) is 2.43. The maximum atomic E-state index is 11.9. The molecule has 0 radical (unpaired) electrons. The molecule has 1 atom stereocenters. The zero-order valence-electron chi connectivity index (χ0n) is 9.98. The van der Waals surface area contributed by atoms with E-state index in [2.05, 4.69) is 0 Å². The lowest BCUT2D eigenvalue weighted by atomic mass is 10.2. The number of hydrogen-bond donors (Lipinski definition) is 0. The molecule has 0 aliphatic carbocycles. The third-order valence-electron chi connectivity index (χ3n) is 1.66. The fraction of sp³-hybridized carbons (Fsp3) is 1.00. The summed E-state index contributed by atoms with van der Waals surface area (Å²) in [6, 6.07) is 0. The Hall–Kier alpha value is 0.360. The molecule has 16 heavy (non-hydrogen) atoms. The van der Waals surface area contributed by atoms with Gasteiger partial charge in [-0.05, 0) is 13.8 Å². The van der Waals surface area contributed by atoms with Crippen LogP contribution in [0.3, 0.4) is 0 Å². The highest BCUT2D eigenvalue weighted by molar-refractivity contribution is 7.48. The number of ether oxygens (including phenoxy) is 1. The Morgan fingerprint density at radius 3 is 2.06 bits per heavy atom. The van der Waals surface area contributed by atoms with Crippen LogP contribution in [0.4, 0.5) is 0 Å². The van der Waals surface area contributed by atoms with Gasteiger partial charge in [-0.3, -0.25) is 13.6 Å². The van der Waals surface area contributed by atoms with Crippen molar-refractivity contribution in [1.29, 1.82) is 0 Å². The average molecular weight is 275 g/mol. The lowest BCUT2D eigenvalue weighted by Crippen LogP contribution is -2.17. The monoisotopic (exact) mass is 274 g/mol. The minimum absolute atomic E-state index is 0.0269. The molecule has 98 valence electrons. The van der Waals surface area contributed by atoms with Gasteiger partial charge >= 0.3 is 7.82 Å². The Morgan fingerprint density at radius 2 is 1.69 bits per heavy atom. The molecule has 0 spiro atoms. The van der Waals surface area contributed by atoms with Gasteiger partial charge in [0, 0.05) is 18.9 Å². The molecular formula is C9H20ClO5P. The van der Waals surface area contributed by atoms with Gasteiger partial charge < -0.3 is 4.74 Å². The normalized spacial score (nSPS) is 14.0. The first-order valence-electron chi connectivity index (χ1n) is 5.20. The van der Waals surface area contributed by atoms with E-state index in [-0.39, 0.29) is 25.7 Å². The molecule has 0 aliphatic rings. The lowest BCUT2D eigenvalue weighted by Gasteiger charge is -2.19. The molecule has 0 bridgehead atoms. The van der Waals surface area contributed by atoms with Crippen LogP contribution in [-0.2, 0) is 22.9 Å². The molecule has 0 rings (SSSR count). The van der Waals surface area contributed by atoms with E-state index in [1.807, 2.05) is 0 Å². The van der Waals surface area contributed by atoms with Crippen LogP contribution < -0.4 is 0 Å². The summed E-state index contributed by atoms with van der Waals surface area (Å²) < 4.78 is 31.9. The number of phosphoric acid groups is 1. The predicted octanol–water partition coefficient (Wildman–Crippen LogP) is 2.69. The Balaban J connectivity index is 4.13. The molecule has 0 aromatic carbocycles. The summed E-state index contributed by atoms with van der Waals surface area (Å²) in [7, 11) is -1.85. The molecule has 0 amide bonds. The third-order valence-corrected chi connectivity index (χ3v) is 3.71. The van der Waals surface area contributed by atoms with Crippen molar-refractivity contribution in [2.45, 2.75) is 13.8 Å². The van der Waals surface area contributed by atoms with Gasteiger partial charge in [-0.1, -0.05) is 0 Å². The van der Waals surface area contributed by atoms with E-state index in [0.29, 0.717) is 12.5 Å². The first kappa shape index (κ1) is 16.4. The van der Waals surface area contributed by atoms with E-state index >= 15 is 0 Å². The molecule has 7 heteroatoms. The van der Waals surface area contributed by atoms with Gasteiger partial charge in [0.1, 0.15) is 0 Å². The molecular weight excluding hydrogens is 255 g/mol. The third kappa shape index (κ3) is 6.84. The molecule has 0 aliphatic heterocycles. The zero-order valence-corrected chi connectivity index (χ0v) is 11.6. The quantitative estimate of drug-likeness (QED) is 0.453. The van der Waals surface area contributed by atoms with Crippen molar-refractivity contribution in [3.05, 3.63) is 0 Å². The van der Waals surface area contributed by atoms with Crippen LogP contribution in [0.25, 0.3) is 0 Å². The average Bonchev–Trinajstić information content (AvgIpc) is 2.25. The van der Waals surface area contributed by atoms with Crippen molar-refractivity contribution >= 4 is 19.4 Å². The smallest absolute Gasteiger partial charge is 0.384 e. The van der Waals surface area contributed by atoms with Crippen molar-refractivity contribution in [1.82, 2.24) is 0 Å². The van der Waals surface area contributed by atoms with E-state index in [4.69, 9.17) is 29.9 Å². The Kier molecular flexibility index (Phi) is 9.61. The molecule has 0 saturated carbocycles. The standard InChI is InChI=1S/C9H20ClO5P/c1-4-13-16(11,14-5-2)15-8-9(6-10)7-12-3/h9H,4-8H2,1-3H3. The number of phosphoric ester groups is 1. The molecule has 0 aromatic heterocycles. The van der Waals surface area contributed by atoms with Crippen molar-refractivity contribution in [3.8, 4) is 0 Å². The van der Waals surface area contributed by atoms with Gasteiger partial charge in [-0.2, -0.15) is 0 Å².